The van der Waals surface area contributed by atoms with Crippen molar-refractivity contribution in [2.75, 3.05) is 7.11 Å². The zero-order chi connectivity index (χ0) is 14.1. The number of aromatic nitrogens is 1. The van der Waals surface area contributed by atoms with Crippen LogP contribution in [0.4, 0.5) is 26.3 Å². The van der Waals surface area contributed by atoms with Gasteiger partial charge in [-0.3, -0.25) is 4.98 Å². The second-order valence-corrected chi connectivity index (χ2v) is 3.17. The summed E-state index contributed by atoms with van der Waals surface area (Å²) in [5.74, 6) is -2.15. The van der Waals surface area contributed by atoms with E-state index in [2.05, 4.69) is 14.5 Å². The summed E-state index contributed by atoms with van der Waals surface area (Å²) in [7, 11) is 0.813. The van der Waals surface area contributed by atoms with E-state index in [1.165, 1.54) is 0 Å². The van der Waals surface area contributed by atoms with Gasteiger partial charge in [0, 0.05) is 6.20 Å². The maximum atomic E-state index is 12.5. The summed E-state index contributed by atoms with van der Waals surface area (Å²) in [5, 5.41) is 0. The number of rotatable bonds is 2. The zero-order valence-electron chi connectivity index (χ0n) is 9.11. The van der Waals surface area contributed by atoms with Crippen LogP contribution in [0.2, 0.25) is 0 Å². The van der Waals surface area contributed by atoms with Crippen molar-refractivity contribution in [3.8, 4) is 11.5 Å². The molecule has 1 rings (SSSR count). The molecule has 0 fully saturated rings. The maximum absolute atomic E-state index is 12.5. The van der Waals surface area contributed by atoms with Crippen LogP contribution in [0.3, 0.4) is 0 Å². The van der Waals surface area contributed by atoms with Crippen LogP contribution in [0.15, 0.2) is 6.20 Å². The number of hydrogen-bond donors (Lipinski definition) is 0. The fourth-order valence-electron chi connectivity index (χ4n) is 1.21. The first-order valence-electron chi connectivity index (χ1n) is 4.42. The Hall–Kier alpha value is -1.67. The molecule has 0 radical (unpaired) electrons. The highest BCUT2D eigenvalue weighted by molar-refractivity contribution is 5.49. The Morgan fingerprint density at radius 3 is 2.00 bits per heavy atom. The topological polar surface area (TPSA) is 31.4 Å². The molecular formula is C9H7F6NO2. The van der Waals surface area contributed by atoms with Crippen LogP contribution in [0.25, 0.3) is 0 Å². The van der Waals surface area contributed by atoms with Crippen molar-refractivity contribution in [1.29, 1.82) is 0 Å². The molecule has 3 nitrogen and oxygen atoms in total. The highest BCUT2D eigenvalue weighted by atomic mass is 19.4. The first kappa shape index (κ1) is 14.4. The third kappa shape index (κ3) is 3.17. The molecule has 0 saturated carbocycles. The lowest BCUT2D eigenvalue weighted by Crippen LogP contribution is -2.20. The number of pyridine rings is 1. The van der Waals surface area contributed by atoms with E-state index in [0.717, 1.165) is 14.0 Å². The van der Waals surface area contributed by atoms with Crippen molar-refractivity contribution in [2.45, 2.75) is 19.5 Å². The van der Waals surface area contributed by atoms with E-state index in [4.69, 9.17) is 0 Å². The molecule has 0 N–H and O–H groups in total. The Balaban J connectivity index is 3.40. The Kier molecular flexibility index (Phi) is 3.63. The van der Waals surface area contributed by atoms with E-state index in [1.807, 2.05) is 0 Å². The van der Waals surface area contributed by atoms with Gasteiger partial charge in [0.1, 0.15) is 5.56 Å². The van der Waals surface area contributed by atoms with Gasteiger partial charge >= 0.3 is 12.5 Å². The van der Waals surface area contributed by atoms with Crippen molar-refractivity contribution in [1.82, 2.24) is 4.98 Å². The molecule has 0 saturated heterocycles. The minimum absolute atomic E-state index is 0.364. The van der Waals surface area contributed by atoms with Gasteiger partial charge in [0.15, 0.2) is 11.5 Å². The van der Waals surface area contributed by atoms with Gasteiger partial charge < -0.3 is 9.47 Å². The van der Waals surface area contributed by atoms with E-state index >= 15 is 0 Å². The molecule has 1 heterocycles. The predicted molar refractivity (Wildman–Crippen MR) is 47.2 cm³/mol. The van der Waals surface area contributed by atoms with Crippen LogP contribution in [0.5, 0.6) is 11.5 Å². The average Bonchev–Trinajstić information content (AvgIpc) is 2.17. The molecule has 0 aliphatic rings. The number of halogens is 6. The van der Waals surface area contributed by atoms with E-state index in [-0.39, 0.29) is 5.69 Å². The molecule has 1 aromatic rings. The summed E-state index contributed by atoms with van der Waals surface area (Å²) < 4.78 is 81.7. The van der Waals surface area contributed by atoms with Gasteiger partial charge in [-0.15, -0.1) is 13.2 Å². The molecule has 0 amide bonds. The molecule has 9 heteroatoms. The number of ether oxygens (including phenoxy) is 2. The van der Waals surface area contributed by atoms with Crippen LogP contribution < -0.4 is 9.47 Å². The molecule has 0 atom stereocenters. The second kappa shape index (κ2) is 4.54. The summed E-state index contributed by atoms with van der Waals surface area (Å²) >= 11 is 0. The third-order valence-electron chi connectivity index (χ3n) is 1.89. The molecule has 0 aliphatic carbocycles. The molecule has 18 heavy (non-hydrogen) atoms. The van der Waals surface area contributed by atoms with Crippen LogP contribution in [0.1, 0.15) is 11.3 Å². The van der Waals surface area contributed by atoms with Crippen LogP contribution in [-0.4, -0.2) is 18.5 Å². The van der Waals surface area contributed by atoms with Crippen LogP contribution in [0, 0.1) is 6.92 Å². The Morgan fingerprint density at radius 1 is 1.06 bits per heavy atom. The zero-order valence-corrected chi connectivity index (χ0v) is 9.11. The summed E-state index contributed by atoms with van der Waals surface area (Å²) in [6.45, 7) is 1.07. The van der Waals surface area contributed by atoms with Gasteiger partial charge in [0.05, 0.1) is 12.8 Å². The number of hydrogen-bond acceptors (Lipinski definition) is 3. The number of aryl methyl sites for hydroxylation is 1. The fourth-order valence-corrected chi connectivity index (χ4v) is 1.21. The van der Waals surface area contributed by atoms with E-state index in [1.54, 1.807) is 0 Å². The number of alkyl halides is 6. The third-order valence-corrected chi connectivity index (χ3v) is 1.89. The van der Waals surface area contributed by atoms with Crippen molar-refractivity contribution in [3.63, 3.8) is 0 Å². The van der Waals surface area contributed by atoms with Gasteiger partial charge in [-0.1, -0.05) is 0 Å². The van der Waals surface area contributed by atoms with E-state index < -0.39 is 29.6 Å². The minimum atomic E-state index is -5.13. The second-order valence-electron chi connectivity index (χ2n) is 3.17. The molecule has 0 bridgehead atoms. The van der Waals surface area contributed by atoms with E-state index in [9.17, 15) is 26.3 Å². The monoisotopic (exact) mass is 275 g/mol. The Labute approximate surface area is 97.3 Å². The molecule has 0 spiro atoms. The first-order valence-corrected chi connectivity index (χ1v) is 4.42. The summed E-state index contributed by atoms with van der Waals surface area (Å²) in [5.41, 5.74) is -1.80. The van der Waals surface area contributed by atoms with Gasteiger partial charge in [-0.25, -0.2) is 0 Å². The minimum Gasteiger partial charge on any atom is -0.492 e. The van der Waals surface area contributed by atoms with Gasteiger partial charge in [0.25, 0.3) is 0 Å². The fraction of sp³-hybridized carbons (Fsp3) is 0.444. The number of nitrogens with zero attached hydrogens (tertiary/aromatic N) is 1. The molecule has 102 valence electrons. The van der Waals surface area contributed by atoms with E-state index in [0.29, 0.717) is 6.20 Å². The molecule has 1 aromatic heterocycles. The van der Waals surface area contributed by atoms with Crippen LogP contribution in [-0.2, 0) is 6.18 Å². The largest absolute Gasteiger partial charge is 0.573 e. The molecule has 0 unspecified atom stereocenters. The normalized spacial score (nSPS) is 12.4. The Bertz CT molecular complexity index is 440. The van der Waals surface area contributed by atoms with Gasteiger partial charge in [0.2, 0.25) is 0 Å². The van der Waals surface area contributed by atoms with Crippen LogP contribution >= 0.6 is 0 Å². The predicted octanol–water partition coefficient (Wildman–Crippen LogP) is 3.32. The smallest absolute Gasteiger partial charge is 0.492 e. The lowest BCUT2D eigenvalue weighted by molar-refractivity contribution is -0.275. The van der Waals surface area contributed by atoms with Crippen molar-refractivity contribution >= 4 is 0 Å². The highest BCUT2D eigenvalue weighted by Gasteiger charge is 2.40. The lowest BCUT2D eigenvalue weighted by Gasteiger charge is -2.18. The maximum Gasteiger partial charge on any atom is 0.573 e. The average molecular weight is 275 g/mol. The highest BCUT2D eigenvalue weighted by Crippen LogP contribution is 2.43. The van der Waals surface area contributed by atoms with Crippen molar-refractivity contribution < 1.29 is 35.8 Å². The quantitative estimate of drug-likeness (QED) is 0.776. The number of methoxy groups -OCH3 is 1. The van der Waals surface area contributed by atoms with Gasteiger partial charge in [-0.05, 0) is 6.92 Å². The molecule has 0 aromatic carbocycles. The SMILES string of the molecule is COc1c(C(F)(F)F)cnc(C)c1OC(F)(F)F. The standard InChI is InChI=1S/C9H7F6NO2/c1-4-6(18-9(13,14)15)7(17-2)5(3-16-4)8(10,11)12/h3H,1-2H3. The molecular weight excluding hydrogens is 268 g/mol. The van der Waals surface area contributed by atoms with Gasteiger partial charge in [-0.2, -0.15) is 13.2 Å². The molecule has 0 aliphatic heterocycles. The Morgan fingerprint density at radius 2 is 1.61 bits per heavy atom. The lowest BCUT2D eigenvalue weighted by atomic mass is 10.2. The summed E-state index contributed by atoms with van der Waals surface area (Å²) in [6.07, 6.45) is -9.64. The summed E-state index contributed by atoms with van der Waals surface area (Å²) in [6, 6.07) is 0. The van der Waals surface area contributed by atoms with Crippen molar-refractivity contribution in [3.05, 3.63) is 17.5 Å². The first-order chi connectivity index (χ1) is 8.06. The summed E-state index contributed by atoms with van der Waals surface area (Å²) in [4.78, 5) is 3.21. The van der Waals surface area contributed by atoms with Crippen molar-refractivity contribution in [2.24, 2.45) is 0 Å².